The van der Waals surface area contributed by atoms with Gasteiger partial charge in [0, 0.05) is 45.7 Å². The Morgan fingerprint density at radius 2 is 1.72 bits per heavy atom. The van der Waals surface area contributed by atoms with Crippen molar-refractivity contribution in [3.8, 4) is 0 Å². The largest absolute Gasteiger partial charge is 0.480 e. The van der Waals surface area contributed by atoms with Crippen LogP contribution in [0.25, 0.3) is 21.8 Å². The minimum Gasteiger partial charge on any atom is -0.480 e. The van der Waals surface area contributed by atoms with Gasteiger partial charge in [-0.05, 0) is 17.7 Å². The maximum atomic E-state index is 11.7. The number of nitrogens with one attached hydrogen (secondary N) is 3. The van der Waals surface area contributed by atoms with Crippen molar-refractivity contribution < 1.29 is 9.90 Å². The molecule has 124 valence electrons. The van der Waals surface area contributed by atoms with Crippen LogP contribution in [0, 0.1) is 0 Å². The van der Waals surface area contributed by atoms with Crippen molar-refractivity contribution in [1.82, 2.24) is 15.3 Å². The van der Waals surface area contributed by atoms with Gasteiger partial charge in [-0.3, -0.25) is 10.1 Å². The monoisotopic (exact) mass is 331 g/mol. The standard InChI is InChI=1S/C20H17N3O2/c24-20(25)17-9-13-11-5-2-4-8-16(11)22-18(13)19(23-17)14-10-21-15-7-3-1-6-12(14)15/h1-8,10,17,19,21-23H,9H2,(H,24,25)/t17-,19+/m1/s1. The Kier molecular flexibility index (Phi) is 2.99. The van der Waals surface area contributed by atoms with Crippen molar-refractivity contribution in [1.29, 1.82) is 0 Å². The van der Waals surface area contributed by atoms with E-state index in [1.54, 1.807) is 0 Å². The Balaban J connectivity index is 1.75. The number of hydrogen-bond donors (Lipinski definition) is 4. The Morgan fingerprint density at radius 1 is 1.00 bits per heavy atom. The number of carboxylic acids is 1. The molecule has 5 heteroatoms. The highest BCUT2D eigenvalue weighted by Crippen LogP contribution is 2.37. The molecule has 0 spiro atoms. The molecular weight excluding hydrogens is 314 g/mol. The first-order valence-corrected chi connectivity index (χ1v) is 8.36. The van der Waals surface area contributed by atoms with Crippen LogP contribution in [0.1, 0.15) is 22.9 Å². The fraction of sp³-hybridized carbons (Fsp3) is 0.150. The first-order valence-electron chi connectivity index (χ1n) is 8.36. The molecule has 0 saturated carbocycles. The quantitative estimate of drug-likeness (QED) is 0.455. The molecule has 2 aromatic carbocycles. The highest BCUT2D eigenvalue weighted by molar-refractivity contribution is 5.89. The van der Waals surface area contributed by atoms with Gasteiger partial charge in [-0.1, -0.05) is 36.4 Å². The third-order valence-corrected chi connectivity index (χ3v) is 5.14. The molecule has 4 N–H and O–H groups in total. The Morgan fingerprint density at radius 3 is 2.52 bits per heavy atom. The van der Waals surface area contributed by atoms with Gasteiger partial charge in [-0.2, -0.15) is 0 Å². The van der Waals surface area contributed by atoms with Crippen molar-refractivity contribution in [3.05, 3.63) is 71.5 Å². The van der Waals surface area contributed by atoms with Crippen LogP contribution in [0.3, 0.4) is 0 Å². The van der Waals surface area contributed by atoms with Crippen molar-refractivity contribution >= 4 is 27.8 Å². The van der Waals surface area contributed by atoms with E-state index < -0.39 is 12.0 Å². The first kappa shape index (κ1) is 14.3. The second-order valence-corrected chi connectivity index (χ2v) is 6.55. The van der Waals surface area contributed by atoms with E-state index in [4.69, 9.17) is 0 Å². The van der Waals surface area contributed by atoms with Gasteiger partial charge in [0.05, 0.1) is 6.04 Å². The van der Waals surface area contributed by atoms with Gasteiger partial charge in [0.1, 0.15) is 6.04 Å². The molecule has 0 amide bonds. The van der Waals surface area contributed by atoms with Gasteiger partial charge < -0.3 is 15.1 Å². The van der Waals surface area contributed by atoms with Crippen LogP contribution in [0.5, 0.6) is 0 Å². The second-order valence-electron chi connectivity index (χ2n) is 6.55. The summed E-state index contributed by atoms with van der Waals surface area (Å²) in [5.41, 5.74) is 5.31. The highest BCUT2D eigenvalue weighted by atomic mass is 16.4. The molecule has 0 unspecified atom stereocenters. The minimum absolute atomic E-state index is 0.187. The lowest BCUT2D eigenvalue weighted by atomic mass is 9.90. The molecule has 5 nitrogen and oxygen atoms in total. The maximum absolute atomic E-state index is 11.7. The zero-order valence-corrected chi connectivity index (χ0v) is 13.4. The average molecular weight is 331 g/mol. The molecule has 0 bridgehead atoms. The molecule has 0 fully saturated rings. The van der Waals surface area contributed by atoms with Crippen LogP contribution in [0.4, 0.5) is 0 Å². The van der Waals surface area contributed by atoms with Gasteiger partial charge in [0.15, 0.2) is 0 Å². The van der Waals surface area contributed by atoms with Crippen LogP contribution in [-0.2, 0) is 11.2 Å². The third kappa shape index (κ3) is 2.09. The molecule has 5 rings (SSSR count). The normalized spacial score (nSPS) is 20.0. The number of rotatable bonds is 2. The predicted octanol–water partition coefficient (Wildman–Crippen LogP) is 3.34. The summed E-state index contributed by atoms with van der Waals surface area (Å²) < 4.78 is 0. The Hall–Kier alpha value is -3.05. The Labute approximate surface area is 143 Å². The average Bonchev–Trinajstić information content (AvgIpc) is 3.22. The van der Waals surface area contributed by atoms with Crippen molar-refractivity contribution in [3.63, 3.8) is 0 Å². The first-order chi connectivity index (χ1) is 12.2. The molecule has 2 atom stereocenters. The summed E-state index contributed by atoms with van der Waals surface area (Å²) in [5.74, 6) is -0.819. The van der Waals surface area contributed by atoms with Crippen molar-refractivity contribution in [2.45, 2.75) is 18.5 Å². The van der Waals surface area contributed by atoms with E-state index in [2.05, 4.69) is 27.4 Å². The van der Waals surface area contributed by atoms with Crippen LogP contribution >= 0.6 is 0 Å². The number of aliphatic carboxylic acids is 1. The van der Waals surface area contributed by atoms with Gasteiger partial charge in [0.2, 0.25) is 0 Å². The van der Waals surface area contributed by atoms with E-state index in [1.165, 1.54) is 0 Å². The topological polar surface area (TPSA) is 80.9 Å². The summed E-state index contributed by atoms with van der Waals surface area (Å²) in [5, 5.41) is 15.1. The molecular formula is C20H17N3O2. The van der Waals surface area contributed by atoms with E-state index in [-0.39, 0.29) is 6.04 Å². The summed E-state index contributed by atoms with van der Waals surface area (Å²) in [6, 6.07) is 15.4. The fourth-order valence-electron chi connectivity index (χ4n) is 3.97. The maximum Gasteiger partial charge on any atom is 0.321 e. The summed E-state index contributed by atoms with van der Waals surface area (Å²) in [7, 11) is 0. The molecule has 3 heterocycles. The molecule has 25 heavy (non-hydrogen) atoms. The number of carbonyl (C=O) groups is 1. The molecule has 1 aliphatic heterocycles. The highest BCUT2D eigenvalue weighted by Gasteiger charge is 2.34. The van der Waals surface area contributed by atoms with E-state index in [0.717, 1.165) is 38.6 Å². The smallest absolute Gasteiger partial charge is 0.321 e. The molecule has 4 aromatic rings. The number of para-hydroxylation sites is 2. The van der Waals surface area contributed by atoms with E-state index in [0.29, 0.717) is 6.42 Å². The van der Waals surface area contributed by atoms with E-state index in [1.807, 2.05) is 42.6 Å². The van der Waals surface area contributed by atoms with Crippen molar-refractivity contribution in [2.24, 2.45) is 0 Å². The lowest BCUT2D eigenvalue weighted by Crippen LogP contribution is -2.44. The van der Waals surface area contributed by atoms with E-state index >= 15 is 0 Å². The fourth-order valence-corrected chi connectivity index (χ4v) is 3.97. The lowest BCUT2D eigenvalue weighted by molar-refractivity contribution is -0.139. The lowest BCUT2D eigenvalue weighted by Gasteiger charge is -2.29. The minimum atomic E-state index is -0.819. The van der Waals surface area contributed by atoms with Gasteiger partial charge in [-0.25, -0.2) is 0 Å². The van der Waals surface area contributed by atoms with Crippen LogP contribution in [-0.4, -0.2) is 27.1 Å². The number of carboxylic acid groups (broad SMARTS) is 1. The zero-order valence-electron chi connectivity index (χ0n) is 13.4. The summed E-state index contributed by atoms with van der Waals surface area (Å²) in [6.45, 7) is 0. The molecule has 0 radical (unpaired) electrons. The van der Waals surface area contributed by atoms with Gasteiger partial charge in [-0.15, -0.1) is 0 Å². The number of H-pyrrole nitrogens is 2. The SMILES string of the molecule is O=C(O)[C@H]1Cc2c([nH]c3ccccc23)[C@H](c2c[nH]c3ccccc23)N1. The number of fused-ring (bicyclic) bond motifs is 4. The number of hydrogen-bond acceptors (Lipinski definition) is 2. The van der Waals surface area contributed by atoms with Crippen LogP contribution in [0.2, 0.25) is 0 Å². The number of benzene rings is 2. The molecule has 0 saturated heterocycles. The summed E-state index contributed by atoms with van der Waals surface area (Å²) in [6.07, 6.45) is 2.45. The van der Waals surface area contributed by atoms with E-state index in [9.17, 15) is 9.90 Å². The third-order valence-electron chi connectivity index (χ3n) is 5.14. The number of aromatic nitrogens is 2. The molecule has 1 aliphatic rings. The zero-order chi connectivity index (χ0) is 17.0. The molecule has 2 aromatic heterocycles. The predicted molar refractivity (Wildman–Crippen MR) is 96.7 cm³/mol. The second kappa shape index (κ2) is 5.22. The van der Waals surface area contributed by atoms with Gasteiger partial charge >= 0.3 is 5.97 Å². The van der Waals surface area contributed by atoms with Crippen molar-refractivity contribution in [2.75, 3.05) is 0 Å². The summed E-state index contributed by atoms with van der Waals surface area (Å²) in [4.78, 5) is 18.5. The number of aromatic amines is 2. The van der Waals surface area contributed by atoms with Crippen LogP contribution < -0.4 is 5.32 Å². The molecule has 0 aliphatic carbocycles. The summed E-state index contributed by atoms with van der Waals surface area (Å²) >= 11 is 0. The van der Waals surface area contributed by atoms with Crippen LogP contribution in [0.15, 0.2) is 54.7 Å². The van der Waals surface area contributed by atoms with Gasteiger partial charge in [0.25, 0.3) is 0 Å². The Bertz CT molecular complexity index is 1110.